The van der Waals surface area contributed by atoms with Gasteiger partial charge >= 0.3 is 5.97 Å². The first-order valence-electron chi connectivity index (χ1n) is 7.91. The smallest absolute Gasteiger partial charge is 0.322 e. The van der Waals surface area contributed by atoms with E-state index in [0.717, 1.165) is 12.8 Å². The number of rotatable bonds is 7. The predicted molar refractivity (Wildman–Crippen MR) is 84.5 cm³/mol. The summed E-state index contributed by atoms with van der Waals surface area (Å²) in [7, 11) is 0. The van der Waals surface area contributed by atoms with Gasteiger partial charge in [0.1, 0.15) is 6.54 Å². The van der Waals surface area contributed by atoms with Crippen LogP contribution in [0.1, 0.15) is 31.2 Å². The number of nitrogens with one attached hydrogen (secondary N) is 2. The largest absolute Gasteiger partial charge is 0.480 e. The van der Waals surface area contributed by atoms with Crippen LogP contribution in [0.3, 0.4) is 0 Å². The van der Waals surface area contributed by atoms with E-state index >= 15 is 0 Å². The fraction of sp³-hybridized carbons (Fsp3) is 0.529. The van der Waals surface area contributed by atoms with Crippen LogP contribution >= 0.6 is 0 Å². The number of amides is 1. The van der Waals surface area contributed by atoms with Crippen molar-refractivity contribution >= 4 is 11.9 Å². The number of hydrogen-bond donors (Lipinski definition) is 3. The minimum Gasteiger partial charge on any atom is -0.480 e. The Morgan fingerprint density at radius 2 is 1.82 bits per heavy atom. The molecular weight excluding hydrogens is 280 g/mol. The molecule has 1 aromatic carbocycles. The van der Waals surface area contributed by atoms with Gasteiger partial charge in [-0.3, -0.25) is 9.59 Å². The Labute approximate surface area is 131 Å². The normalized spacial score (nSPS) is 21.3. The molecule has 0 radical (unpaired) electrons. The second-order valence-electron chi connectivity index (χ2n) is 5.89. The van der Waals surface area contributed by atoms with Crippen molar-refractivity contribution in [1.29, 1.82) is 0 Å². The molecule has 3 N–H and O–H groups in total. The molecule has 120 valence electrons. The summed E-state index contributed by atoms with van der Waals surface area (Å²) in [5.41, 5.74) is 1.33. The molecule has 0 aromatic heterocycles. The van der Waals surface area contributed by atoms with Crippen molar-refractivity contribution < 1.29 is 14.7 Å². The Kier molecular flexibility index (Phi) is 6.40. The molecule has 0 spiro atoms. The summed E-state index contributed by atoms with van der Waals surface area (Å²) in [4.78, 5) is 22.0. The molecule has 1 amide bonds. The lowest BCUT2D eigenvalue weighted by molar-refractivity contribution is -0.137. The highest BCUT2D eigenvalue weighted by molar-refractivity contribution is 5.82. The van der Waals surface area contributed by atoms with Crippen LogP contribution < -0.4 is 10.6 Å². The van der Waals surface area contributed by atoms with E-state index in [4.69, 9.17) is 5.11 Å². The Bertz CT molecular complexity index is 490. The molecular formula is C17H24N2O3. The van der Waals surface area contributed by atoms with E-state index in [-0.39, 0.29) is 19.0 Å². The van der Waals surface area contributed by atoms with Gasteiger partial charge in [0.15, 0.2) is 0 Å². The second-order valence-corrected chi connectivity index (χ2v) is 5.89. The minimum absolute atomic E-state index is 0.184. The van der Waals surface area contributed by atoms with E-state index < -0.39 is 5.97 Å². The van der Waals surface area contributed by atoms with Gasteiger partial charge in [0.2, 0.25) is 5.91 Å². The first-order chi connectivity index (χ1) is 10.6. The third-order valence-electron chi connectivity index (χ3n) is 4.21. The zero-order valence-electron chi connectivity index (χ0n) is 12.8. The Morgan fingerprint density at radius 3 is 2.55 bits per heavy atom. The molecule has 0 heterocycles. The first-order valence-corrected chi connectivity index (χ1v) is 7.91. The molecule has 22 heavy (non-hydrogen) atoms. The van der Waals surface area contributed by atoms with Crippen LogP contribution in [0.2, 0.25) is 0 Å². The number of carboxylic acids is 1. The molecule has 0 aliphatic heterocycles. The van der Waals surface area contributed by atoms with Crippen molar-refractivity contribution in [2.24, 2.45) is 5.92 Å². The van der Waals surface area contributed by atoms with E-state index in [2.05, 4.69) is 34.9 Å². The van der Waals surface area contributed by atoms with Crippen molar-refractivity contribution in [3.05, 3.63) is 35.9 Å². The molecule has 2 rings (SSSR count). The second kappa shape index (κ2) is 8.54. The Morgan fingerprint density at radius 1 is 1.09 bits per heavy atom. The van der Waals surface area contributed by atoms with Gasteiger partial charge in [-0.1, -0.05) is 43.2 Å². The highest BCUT2D eigenvalue weighted by atomic mass is 16.4. The summed E-state index contributed by atoms with van der Waals surface area (Å²) in [5, 5.41) is 14.2. The third-order valence-corrected chi connectivity index (χ3v) is 4.21. The van der Waals surface area contributed by atoms with Crippen molar-refractivity contribution in [3.63, 3.8) is 0 Å². The maximum atomic E-state index is 11.6. The third kappa shape index (κ3) is 5.48. The van der Waals surface area contributed by atoms with Gasteiger partial charge in [0.25, 0.3) is 0 Å². The fourth-order valence-electron chi connectivity index (χ4n) is 3.10. The molecule has 2 atom stereocenters. The Balaban J connectivity index is 1.82. The van der Waals surface area contributed by atoms with Crippen LogP contribution in [0.4, 0.5) is 0 Å². The SMILES string of the molecule is O=C(O)CNC(=O)CNC1CCCCC1Cc1ccccc1. The number of hydrogen-bond acceptors (Lipinski definition) is 3. The van der Waals surface area contributed by atoms with Gasteiger partial charge < -0.3 is 15.7 Å². The zero-order chi connectivity index (χ0) is 15.8. The van der Waals surface area contributed by atoms with Gasteiger partial charge in [0, 0.05) is 6.04 Å². The van der Waals surface area contributed by atoms with Crippen LogP contribution in [0.15, 0.2) is 30.3 Å². The molecule has 1 aliphatic rings. The highest BCUT2D eigenvalue weighted by Crippen LogP contribution is 2.27. The first kappa shape index (κ1) is 16.5. The molecule has 0 saturated heterocycles. The summed E-state index contributed by atoms with van der Waals surface area (Å²) >= 11 is 0. The number of carbonyl (C=O) groups is 2. The lowest BCUT2D eigenvalue weighted by Gasteiger charge is -2.32. The van der Waals surface area contributed by atoms with Crippen LogP contribution in [0, 0.1) is 5.92 Å². The number of benzene rings is 1. The van der Waals surface area contributed by atoms with Crippen molar-refractivity contribution in [1.82, 2.24) is 10.6 Å². The average molecular weight is 304 g/mol. The van der Waals surface area contributed by atoms with Crippen LogP contribution in [-0.2, 0) is 16.0 Å². The topological polar surface area (TPSA) is 78.4 Å². The highest BCUT2D eigenvalue weighted by Gasteiger charge is 2.25. The van der Waals surface area contributed by atoms with Crippen molar-refractivity contribution in [3.8, 4) is 0 Å². The molecule has 1 aliphatic carbocycles. The standard InChI is InChI=1S/C17H24N2O3/c20-16(19-12-17(21)22)11-18-15-9-5-4-8-14(15)10-13-6-2-1-3-7-13/h1-3,6-7,14-15,18H,4-5,8-12H2,(H,19,20)(H,21,22). The van der Waals surface area contributed by atoms with Crippen molar-refractivity contribution in [2.45, 2.75) is 38.1 Å². The monoisotopic (exact) mass is 304 g/mol. The van der Waals surface area contributed by atoms with E-state index in [1.807, 2.05) is 6.07 Å². The summed E-state index contributed by atoms with van der Waals surface area (Å²) in [6.07, 6.45) is 5.68. The number of carboxylic acid groups (broad SMARTS) is 1. The molecule has 5 nitrogen and oxygen atoms in total. The number of carbonyl (C=O) groups excluding carboxylic acids is 1. The Hall–Kier alpha value is -1.88. The quantitative estimate of drug-likeness (QED) is 0.714. The van der Waals surface area contributed by atoms with Crippen molar-refractivity contribution in [2.75, 3.05) is 13.1 Å². The number of aliphatic carboxylic acids is 1. The molecule has 0 bridgehead atoms. The van der Waals surface area contributed by atoms with Gasteiger partial charge in [-0.25, -0.2) is 0 Å². The maximum absolute atomic E-state index is 11.6. The van der Waals surface area contributed by atoms with Gasteiger partial charge in [-0.05, 0) is 30.7 Å². The van der Waals surface area contributed by atoms with Crippen LogP contribution in [0.25, 0.3) is 0 Å². The summed E-state index contributed by atoms with van der Waals surface area (Å²) < 4.78 is 0. The summed E-state index contributed by atoms with van der Waals surface area (Å²) in [6, 6.07) is 10.7. The summed E-state index contributed by atoms with van der Waals surface area (Å²) in [5.74, 6) is -0.747. The van der Waals surface area contributed by atoms with Gasteiger partial charge in [0.05, 0.1) is 6.54 Å². The molecule has 1 fully saturated rings. The molecule has 2 unspecified atom stereocenters. The summed E-state index contributed by atoms with van der Waals surface area (Å²) in [6.45, 7) is -0.137. The zero-order valence-corrected chi connectivity index (χ0v) is 12.8. The van der Waals surface area contributed by atoms with E-state index in [9.17, 15) is 9.59 Å². The fourth-order valence-corrected chi connectivity index (χ4v) is 3.10. The maximum Gasteiger partial charge on any atom is 0.322 e. The van der Waals surface area contributed by atoms with E-state index in [1.54, 1.807) is 0 Å². The van der Waals surface area contributed by atoms with Gasteiger partial charge in [-0.2, -0.15) is 0 Å². The van der Waals surface area contributed by atoms with E-state index in [1.165, 1.54) is 24.8 Å². The van der Waals surface area contributed by atoms with E-state index in [0.29, 0.717) is 12.0 Å². The molecule has 5 heteroatoms. The lowest BCUT2D eigenvalue weighted by Crippen LogP contribution is -2.45. The van der Waals surface area contributed by atoms with Gasteiger partial charge in [-0.15, -0.1) is 0 Å². The predicted octanol–water partition coefficient (Wildman–Crippen LogP) is 1.58. The van der Waals surface area contributed by atoms with Crippen LogP contribution in [-0.4, -0.2) is 36.1 Å². The van der Waals surface area contributed by atoms with Crippen LogP contribution in [0.5, 0.6) is 0 Å². The average Bonchev–Trinajstić information content (AvgIpc) is 2.53. The molecule has 1 aromatic rings. The lowest BCUT2D eigenvalue weighted by atomic mass is 9.80. The molecule has 1 saturated carbocycles. The minimum atomic E-state index is -1.02.